The Bertz CT molecular complexity index is 204. The second-order valence-corrected chi connectivity index (χ2v) is 4.09. The van der Waals surface area contributed by atoms with Crippen molar-refractivity contribution in [1.29, 1.82) is 0 Å². The second-order valence-electron chi connectivity index (χ2n) is 4.09. The van der Waals surface area contributed by atoms with Gasteiger partial charge in [-0.2, -0.15) is 0 Å². The number of unbranched alkanes of at least 4 members (excludes halogenated alkanes) is 1. The zero-order valence-electron chi connectivity index (χ0n) is 10.1. The highest BCUT2D eigenvalue weighted by atomic mass is 16.3. The van der Waals surface area contributed by atoms with Crippen molar-refractivity contribution in [2.45, 2.75) is 64.4 Å². The average molecular weight is 208 g/mol. The van der Waals surface area contributed by atoms with Gasteiger partial charge in [0.1, 0.15) is 5.60 Å². The molecule has 1 rings (SSSR count). The number of aliphatic hydroxyl groups is 1. The fourth-order valence-corrected chi connectivity index (χ4v) is 1.61. The molecule has 0 radical (unpaired) electrons. The zero-order chi connectivity index (χ0) is 11.6. The molecule has 0 saturated heterocycles. The summed E-state index contributed by atoms with van der Waals surface area (Å²) < 4.78 is 0. The van der Waals surface area contributed by atoms with E-state index >= 15 is 0 Å². The molecule has 0 spiro atoms. The van der Waals surface area contributed by atoms with Crippen LogP contribution in [-0.4, -0.2) is 10.7 Å². The highest BCUT2D eigenvalue weighted by Crippen LogP contribution is 2.26. The van der Waals surface area contributed by atoms with Crippen LogP contribution in [0, 0.1) is 12.3 Å². The summed E-state index contributed by atoms with van der Waals surface area (Å²) in [5.41, 5.74) is -0.752. The van der Waals surface area contributed by atoms with E-state index < -0.39 is 5.60 Å². The van der Waals surface area contributed by atoms with Gasteiger partial charge in [0.25, 0.3) is 0 Å². The van der Waals surface area contributed by atoms with E-state index in [0.717, 1.165) is 25.7 Å². The Kier molecular flexibility index (Phi) is 8.14. The van der Waals surface area contributed by atoms with Crippen molar-refractivity contribution in [3.8, 4) is 12.3 Å². The molecule has 0 aromatic heterocycles. The molecular formula is C14H24O. The minimum atomic E-state index is -0.752. The third-order valence-corrected chi connectivity index (χ3v) is 2.64. The monoisotopic (exact) mass is 208 g/mol. The largest absolute Gasteiger partial charge is 0.378 e. The first kappa shape index (κ1) is 14.3. The zero-order valence-corrected chi connectivity index (χ0v) is 10.1. The summed E-state index contributed by atoms with van der Waals surface area (Å²) in [6.07, 6.45) is 16.9. The van der Waals surface area contributed by atoms with Crippen LogP contribution in [0.25, 0.3) is 0 Å². The predicted octanol–water partition coefficient (Wildman–Crippen LogP) is 3.68. The van der Waals surface area contributed by atoms with E-state index in [-0.39, 0.29) is 0 Å². The first-order valence-electron chi connectivity index (χ1n) is 6.00. The first-order chi connectivity index (χ1) is 7.18. The van der Waals surface area contributed by atoms with Crippen LogP contribution >= 0.6 is 0 Å². The Labute approximate surface area is 94.6 Å². The molecular weight excluding hydrogens is 184 g/mol. The molecule has 1 aliphatic carbocycles. The SMILES string of the molecule is C#CC1(O)CCCCC1.CC=CCCC. The molecule has 1 aliphatic rings. The maximum atomic E-state index is 9.44. The van der Waals surface area contributed by atoms with Crippen LogP contribution in [0.15, 0.2) is 12.2 Å². The fourth-order valence-electron chi connectivity index (χ4n) is 1.61. The van der Waals surface area contributed by atoms with E-state index in [1.54, 1.807) is 0 Å². The lowest BCUT2D eigenvalue weighted by Crippen LogP contribution is -2.28. The smallest absolute Gasteiger partial charge is 0.125 e. The number of allylic oxidation sites excluding steroid dienone is 2. The molecule has 0 heterocycles. The number of hydrogen-bond donors (Lipinski definition) is 1. The standard InChI is InChI=1S/C8H12O.C6H12/c1-2-8(9)6-4-3-5-7-8;1-3-5-6-4-2/h1,9H,3-7H2;3,5H,4,6H2,1-2H3. The summed E-state index contributed by atoms with van der Waals surface area (Å²) in [4.78, 5) is 0. The van der Waals surface area contributed by atoms with Crippen molar-refractivity contribution in [3.05, 3.63) is 12.2 Å². The second kappa shape index (κ2) is 8.56. The van der Waals surface area contributed by atoms with E-state index in [9.17, 15) is 5.11 Å². The molecule has 1 fully saturated rings. The minimum Gasteiger partial charge on any atom is -0.378 e. The molecule has 0 aliphatic heterocycles. The molecule has 0 bridgehead atoms. The van der Waals surface area contributed by atoms with Crippen molar-refractivity contribution in [1.82, 2.24) is 0 Å². The Morgan fingerprint density at radius 1 is 1.33 bits per heavy atom. The van der Waals surface area contributed by atoms with Gasteiger partial charge in [-0.3, -0.25) is 0 Å². The summed E-state index contributed by atoms with van der Waals surface area (Å²) in [5, 5.41) is 9.44. The molecule has 1 saturated carbocycles. The molecule has 1 heteroatoms. The van der Waals surface area contributed by atoms with E-state index in [4.69, 9.17) is 6.42 Å². The summed E-state index contributed by atoms with van der Waals surface area (Å²) in [6, 6.07) is 0. The van der Waals surface area contributed by atoms with Gasteiger partial charge in [0.2, 0.25) is 0 Å². The van der Waals surface area contributed by atoms with Gasteiger partial charge in [0.05, 0.1) is 0 Å². The fraction of sp³-hybridized carbons (Fsp3) is 0.714. The molecule has 0 unspecified atom stereocenters. The molecule has 0 aromatic rings. The van der Waals surface area contributed by atoms with Crippen LogP contribution in [-0.2, 0) is 0 Å². The average Bonchev–Trinajstić information content (AvgIpc) is 2.28. The Hall–Kier alpha value is -0.740. The van der Waals surface area contributed by atoms with Crippen LogP contribution in [0.5, 0.6) is 0 Å². The lowest BCUT2D eigenvalue weighted by Gasteiger charge is -2.26. The number of terminal acetylenes is 1. The Morgan fingerprint density at radius 3 is 2.20 bits per heavy atom. The maximum absolute atomic E-state index is 9.44. The Morgan fingerprint density at radius 2 is 1.93 bits per heavy atom. The minimum absolute atomic E-state index is 0.752. The molecule has 1 nitrogen and oxygen atoms in total. The van der Waals surface area contributed by atoms with Gasteiger partial charge in [-0.15, -0.1) is 6.42 Å². The summed E-state index contributed by atoms with van der Waals surface area (Å²) in [6.45, 7) is 4.23. The number of hydrogen-bond acceptors (Lipinski definition) is 1. The van der Waals surface area contributed by atoms with Crippen molar-refractivity contribution >= 4 is 0 Å². The van der Waals surface area contributed by atoms with Crippen molar-refractivity contribution in [2.24, 2.45) is 0 Å². The van der Waals surface area contributed by atoms with Gasteiger partial charge in [-0.1, -0.05) is 37.8 Å². The van der Waals surface area contributed by atoms with Crippen molar-refractivity contribution in [3.63, 3.8) is 0 Å². The lowest BCUT2D eigenvalue weighted by molar-refractivity contribution is 0.0612. The van der Waals surface area contributed by atoms with Gasteiger partial charge < -0.3 is 5.11 Å². The molecule has 0 aromatic carbocycles. The summed E-state index contributed by atoms with van der Waals surface area (Å²) in [5.74, 6) is 2.44. The van der Waals surface area contributed by atoms with Crippen molar-refractivity contribution < 1.29 is 5.11 Å². The van der Waals surface area contributed by atoms with Gasteiger partial charge >= 0.3 is 0 Å². The van der Waals surface area contributed by atoms with Crippen LogP contribution in [0.2, 0.25) is 0 Å². The summed E-state index contributed by atoms with van der Waals surface area (Å²) >= 11 is 0. The van der Waals surface area contributed by atoms with Gasteiger partial charge in [0.15, 0.2) is 0 Å². The highest BCUT2D eigenvalue weighted by molar-refractivity contribution is 5.07. The van der Waals surface area contributed by atoms with Crippen LogP contribution in [0.4, 0.5) is 0 Å². The van der Waals surface area contributed by atoms with Gasteiger partial charge in [0, 0.05) is 0 Å². The topological polar surface area (TPSA) is 20.2 Å². The molecule has 0 amide bonds. The maximum Gasteiger partial charge on any atom is 0.125 e. The van der Waals surface area contributed by atoms with E-state index in [1.807, 2.05) is 0 Å². The van der Waals surface area contributed by atoms with Crippen LogP contribution in [0.1, 0.15) is 58.8 Å². The van der Waals surface area contributed by atoms with Crippen LogP contribution in [0.3, 0.4) is 0 Å². The highest BCUT2D eigenvalue weighted by Gasteiger charge is 2.25. The van der Waals surface area contributed by atoms with Gasteiger partial charge in [-0.25, -0.2) is 0 Å². The van der Waals surface area contributed by atoms with E-state index in [1.165, 1.54) is 19.3 Å². The number of rotatable bonds is 2. The van der Waals surface area contributed by atoms with E-state index in [0.29, 0.717) is 0 Å². The molecule has 0 atom stereocenters. The third-order valence-electron chi connectivity index (χ3n) is 2.64. The van der Waals surface area contributed by atoms with Crippen LogP contribution < -0.4 is 0 Å². The lowest BCUT2D eigenvalue weighted by atomic mass is 9.86. The third kappa shape index (κ3) is 7.22. The normalized spacial score (nSPS) is 19.1. The predicted molar refractivity (Wildman–Crippen MR) is 66.6 cm³/mol. The molecule has 15 heavy (non-hydrogen) atoms. The molecule has 86 valence electrons. The van der Waals surface area contributed by atoms with E-state index in [2.05, 4.69) is 31.9 Å². The first-order valence-corrected chi connectivity index (χ1v) is 6.00. The summed E-state index contributed by atoms with van der Waals surface area (Å²) in [7, 11) is 0. The Balaban J connectivity index is 0.000000288. The van der Waals surface area contributed by atoms with Crippen molar-refractivity contribution in [2.75, 3.05) is 0 Å². The van der Waals surface area contributed by atoms with Gasteiger partial charge in [-0.05, 0) is 39.0 Å². The quantitative estimate of drug-likeness (QED) is 0.542. The molecule has 1 N–H and O–H groups in total.